The van der Waals surface area contributed by atoms with Gasteiger partial charge in [-0.1, -0.05) is 48.5 Å². The van der Waals surface area contributed by atoms with E-state index in [4.69, 9.17) is 0 Å². The van der Waals surface area contributed by atoms with Gasteiger partial charge in [0.1, 0.15) is 0 Å². The number of nitrogens with zero attached hydrogens (tertiary/aromatic N) is 1. The Morgan fingerprint density at radius 2 is 1.89 bits per heavy atom. The maximum Gasteiger partial charge on any atom is 0.223 e. The zero-order valence-electron chi connectivity index (χ0n) is 16.7. The predicted molar refractivity (Wildman–Crippen MR) is 111 cm³/mol. The van der Waals surface area contributed by atoms with Crippen LogP contribution in [0.5, 0.6) is 0 Å². The van der Waals surface area contributed by atoms with Crippen molar-refractivity contribution in [3.63, 3.8) is 0 Å². The van der Waals surface area contributed by atoms with Crippen molar-refractivity contribution in [1.29, 1.82) is 0 Å². The highest BCUT2D eigenvalue weighted by molar-refractivity contribution is 5.79. The Hall–Kier alpha value is -2.17. The molecule has 4 nitrogen and oxygen atoms in total. The normalized spacial score (nSPS) is 19.9. The van der Waals surface area contributed by atoms with Gasteiger partial charge in [0.05, 0.1) is 0 Å². The number of piperidine rings is 1. The maximum atomic E-state index is 12.6. The van der Waals surface area contributed by atoms with Gasteiger partial charge in [-0.05, 0) is 62.7 Å². The third-order valence-electron chi connectivity index (χ3n) is 5.23. The molecule has 3 rings (SSSR count). The first kappa shape index (κ1) is 19.6. The van der Waals surface area contributed by atoms with Crippen molar-refractivity contribution in [2.75, 3.05) is 20.6 Å². The Morgan fingerprint density at radius 3 is 2.59 bits per heavy atom. The highest BCUT2D eigenvalue weighted by Gasteiger charge is 2.24. The molecular formula is C23H31N3O. The first-order chi connectivity index (χ1) is 13.0. The molecule has 1 aliphatic rings. The number of carbonyl (C=O) groups excluding carboxylic acids is 1. The Bertz CT molecular complexity index is 754. The van der Waals surface area contributed by atoms with Crippen molar-refractivity contribution < 1.29 is 4.79 Å². The molecule has 27 heavy (non-hydrogen) atoms. The van der Waals surface area contributed by atoms with Crippen LogP contribution >= 0.6 is 0 Å². The largest absolute Gasteiger partial charge is 0.352 e. The van der Waals surface area contributed by atoms with Gasteiger partial charge < -0.3 is 15.5 Å². The Labute approximate surface area is 163 Å². The van der Waals surface area contributed by atoms with Crippen molar-refractivity contribution in [3.05, 3.63) is 59.7 Å². The third-order valence-corrected chi connectivity index (χ3v) is 5.23. The van der Waals surface area contributed by atoms with Gasteiger partial charge in [-0.2, -0.15) is 0 Å². The van der Waals surface area contributed by atoms with Crippen LogP contribution in [0.1, 0.15) is 30.9 Å². The summed E-state index contributed by atoms with van der Waals surface area (Å²) in [5.41, 5.74) is 4.84. The number of rotatable bonds is 6. The molecule has 144 valence electrons. The molecule has 1 amide bonds. The van der Waals surface area contributed by atoms with E-state index in [0.29, 0.717) is 12.6 Å². The fourth-order valence-electron chi connectivity index (χ4n) is 3.81. The molecule has 0 bridgehead atoms. The topological polar surface area (TPSA) is 44.4 Å². The van der Waals surface area contributed by atoms with Crippen molar-refractivity contribution >= 4 is 5.91 Å². The molecule has 2 N–H and O–H groups in total. The van der Waals surface area contributed by atoms with E-state index >= 15 is 0 Å². The van der Waals surface area contributed by atoms with Crippen molar-refractivity contribution in [2.24, 2.45) is 5.92 Å². The summed E-state index contributed by atoms with van der Waals surface area (Å²) in [6, 6.07) is 17.5. The number of amides is 1. The summed E-state index contributed by atoms with van der Waals surface area (Å²) in [5, 5.41) is 6.57. The Kier molecular flexibility index (Phi) is 6.64. The molecule has 1 fully saturated rings. The molecule has 0 unspecified atom stereocenters. The van der Waals surface area contributed by atoms with Crippen LogP contribution in [0, 0.1) is 5.92 Å². The average Bonchev–Trinajstić information content (AvgIpc) is 2.66. The first-order valence-corrected chi connectivity index (χ1v) is 9.86. The second kappa shape index (κ2) is 9.16. The fraction of sp³-hybridized carbons (Fsp3) is 0.435. The number of hydrogen-bond donors (Lipinski definition) is 2. The highest BCUT2D eigenvalue weighted by Crippen LogP contribution is 2.25. The van der Waals surface area contributed by atoms with E-state index in [1.165, 1.54) is 16.7 Å². The molecule has 4 heteroatoms. The minimum atomic E-state index is 0.124. The molecule has 2 atom stereocenters. The van der Waals surface area contributed by atoms with E-state index in [9.17, 15) is 4.79 Å². The summed E-state index contributed by atoms with van der Waals surface area (Å²) < 4.78 is 0. The Morgan fingerprint density at radius 1 is 1.15 bits per heavy atom. The number of carbonyl (C=O) groups is 1. The quantitative estimate of drug-likeness (QED) is 0.824. The van der Waals surface area contributed by atoms with Crippen LogP contribution in [-0.2, 0) is 17.9 Å². The van der Waals surface area contributed by atoms with Crippen LogP contribution in [0.4, 0.5) is 0 Å². The van der Waals surface area contributed by atoms with Gasteiger partial charge in [-0.15, -0.1) is 0 Å². The lowest BCUT2D eigenvalue weighted by Crippen LogP contribution is -2.42. The molecule has 1 heterocycles. The van der Waals surface area contributed by atoms with Crippen LogP contribution < -0.4 is 10.6 Å². The van der Waals surface area contributed by atoms with E-state index < -0.39 is 0 Å². The van der Waals surface area contributed by atoms with Gasteiger partial charge in [0.25, 0.3) is 0 Å². The van der Waals surface area contributed by atoms with Crippen LogP contribution in [0.2, 0.25) is 0 Å². The van der Waals surface area contributed by atoms with Crippen molar-refractivity contribution in [2.45, 2.75) is 38.9 Å². The molecular weight excluding hydrogens is 334 g/mol. The van der Waals surface area contributed by atoms with Crippen LogP contribution in [-0.4, -0.2) is 37.5 Å². The van der Waals surface area contributed by atoms with Crippen molar-refractivity contribution in [1.82, 2.24) is 15.5 Å². The molecule has 2 aromatic carbocycles. The monoisotopic (exact) mass is 365 g/mol. The molecule has 2 aromatic rings. The third kappa shape index (κ3) is 5.41. The Balaban J connectivity index is 1.68. The summed E-state index contributed by atoms with van der Waals surface area (Å²) in [6.45, 7) is 4.59. The molecule has 0 aromatic heterocycles. The highest BCUT2D eigenvalue weighted by atomic mass is 16.1. The lowest BCUT2D eigenvalue weighted by atomic mass is 9.92. The van der Waals surface area contributed by atoms with E-state index in [2.05, 4.69) is 79.0 Å². The second-order valence-corrected chi connectivity index (χ2v) is 7.89. The van der Waals surface area contributed by atoms with Crippen LogP contribution in [0.3, 0.4) is 0 Å². The fourth-order valence-corrected chi connectivity index (χ4v) is 3.81. The van der Waals surface area contributed by atoms with Gasteiger partial charge in [0.15, 0.2) is 0 Å². The molecule has 1 saturated heterocycles. The molecule has 0 aliphatic carbocycles. The summed E-state index contributed by atoms with van der Waals surface area (Å²) in [5.74, 6) is 0.304. The van der Waals surface area contributed by atoms with E-state index in [-0.39, 0.29) is 11.8 Å². The first-order valence-electron chi connectivity index (χ1n) is 9.86. The van der Waals surface area contributed by atoms with E-state index in [0.717, 1.165) is 31.5 Å². The average molecular weight is 366 g/mol. The number of nitrogens with one attached hydrogen (secondary N) is 2. The SMILES string of the molecule is C[C@H]1C[C@@H](C(=O)NCc2ccccc2-c2ccc(CN(C)C)cc2)CCN1. The molecule has 0 radical (unpaired) electrons. The summed E-state index contributed by atoms with van der Waals surface area (Å²) in [6.07, 6.45) is 1.84. The van der Waals surface area contributed by atoms with Crippen LogP contribution in [0.15, 0.2) is 48.5 Å². The van der Waals surface area contributed by atoms with Crippen molar-refractivity contribution in [3.8, 4) is 11.1 Å². The minimum Gasteiger partial charge on any atom is -0.352 e. The number of hydrogen-bond acceptors (Lipinski definition) is 3. The van der Waals surface area contributed by atoms with Gasteiger partial charge in [0, 0.05) is 25.0 Å². The number of benzene rings is 2. The standard InChI is InChI=1S/C23H31N3O/c1-17-14-20(12-13-24-17)23(27)25-15-21-6-4-5-7-22(21)19-10-8-18(9-11-19)16-26(2)3/h4-11,17,20,24H,12-16H2,1-3H3,(H,25,27)/t17-,20-/m0/s1. The minimum absolute atomic E-state index is 0.124. The summed E-state index contributed by atoms with van der Waals surface area (Å²) >= 11 is 0. The lowest BCUT2D eigenvalue weighted by molar-refractivity contribution is -0.126. The van der Waals surface area contributed by atoms with Gasteiger partial charge in [-0.25, -0.2) is 0 Å². The van der Waals surface area contributed by atoms with E-state index in [1.54, 1.807) is 0 Å². The van der Waals surface area contributed by atoms with E-state index in [1.807, 2.05) is 6.07 Å². The maximum absolute atomic E-state index is 12.6. The summed E-state index contributed by atoms with van der Waals surface area (Å²) in [4.78, 5) is 14.7. The smallest absolute Gasteiger partial charge is 0.223 e. The van der Waals surface area contributed by atoms with Gasteiger partial charge in [0.2, 0.25) is 5.91 Å². The predicted octanol–water partition coefficient (Wildman–Crippen LogP) is 3.42. The second-order valence-electron chi connectivity index (χ2n) is 7.89. The molecule has 0 saturated carbocycles. The van der Waals surface area contributed by atoms with Gasteiger partial charge in [-0.3, -0.25) is 4.79 Å². The van der Waals surface area contributed by atoms with Gasteiger partial charge >= 0.3 is 0 Å². The lowest BCUT2D eigenvalue weighted by Gasteiger charge is -2.27. The zero-order valence-corrected chi connectivity index (χ0v) is 16.7. The molecule has 0 spiro atoms. The molecule has 1 aliphatic heterocycles. The van der Waals surface area contributed by atoms with Crippen LogP contribution in [0.25, 0.3) is 11.1 Å². The zero-order chi connectivity index (χ0) is 19.2. The summed E-state index contributed by atoms with van der Waals surface area (Å²) in [7, 11) is 4.16.